The van der Waals surface area contributed by atoms with Crippen molar-refractivity contribution >= 4 is 17.2 Å². The number of ether oxygens (including phenoxy) is 1. The summed E-state index contributed by atoms with van der Waals surface area (Å²) < 4.78 is 13.2. The van der Waals surface area contributed by atoms with Crippen molar-refractivity contribution in [1.29, 1.82) is 0 Å². The zero-order valence-electron chi connectivity index (χ0n) is 13.6. The second kappa shape index (κ2) is 6.79. The van der Waals surface area contributed by atoms with E-state index in [2.05, 4.69) is 0 Å². The fourth-order valence-corrected chi connectivity index (χ4v) is 3.12. The smallest absolute Gasteiger partial charge is 0.152 e. The average molecular weight is 331 g/mol. The molecular weight excluding hydrogens is 314 g/mol. The van der Waals surface area contributed by atoms with Gasteiger partial charge in [0.05, 0.1) is 30.3 Å². The fraction of sp³-hybridized carbons (Fsp3) is 0.0952. The molecule has 0 saturated carbocycles. The molecule has 0 unspecified atom stereocenters. The lowest BCUT2D eigenvalue weighted by Gasteiger charge is -2.11. The van der Waals surface area contributed by atoms with Gasteiger partial charge in [-0.25, -0.2) is 0 Å². The molecule has 25 heavy (non-hydrogen) atoms. The number of fused-ring (bicyclic) bond motifs is 1. The van der Waals surface area contributed by atoms with Crippen molar-refractivity contribution < 1.29 is 13.9 Å². The largest absolute Gasteiger partial charge is 0.472 e. The van der Waals surface area contributed by atoms with Crippen LogP contribution in [-0.2, 0) is 18.1 Å². The van der Waals surface area contributed by atoms with Crippen LogP contribution in [0.15, 0.2) is 77.6 Å². The van der Waals surface area contributed by atoms with Crippen LogP contribution in [-0.4, -0.2) is 10.9 Å². The molecule has 4 nitrogen and oxygen atoms in total. The predicted octanol–water partition coefficient (Wildman–Crippen LogP) is 4.89. The second-order valence-electron chi connectivity index (χ2n) is 5.80. The number of carbonyl (C=O) groups excluding carboxylic acids is 1. The molecule has 0 N–H and O–H groups in total. The molecule has 0 amide bonds. The molecule has 0 saturated heterocycles. The zero-order chi connectivity index (χ0) is 17.1. The first-order valence-electron chi connectivity index (χ1n) is 8.09. The van der Waals surface area contributed by atoms with E-state index in [1.807, 2.05) is 65.2 Å². The van der Waals surface area contributed by atoms with Gasteiger partial charge in [-0.05, 0) is 17.7 Å². The molecule has 4 aromatic rings. The Labute approximate surface area is 145 Å². The SMILES string of the molecule is O=Cc1c(-c2ccoc2)n(COCc2ccccc2)c2ccccc12. The van der Waals surface area contributed by atoms with E-state index in [1.54, 1.807) is 12.5 Å². The molecule has 0 radical (unpaired) electrons. The van der Waals surface area contributed by atoms with Gasteiger partial charge < -0.3 is 13.7 Å². The molecule has 0 aliphatic carbocycles. The molecule has 124 valence electrons. The van der Waals surface area contributed by atoms with Crippen LogP contribution >= 0.6 is 0 Å². The number of furan rings is 1. The van der Waals surface area contributed by atoms with Gasteiger partial charge in [0.1, 0.15) is 6.73 Å². The van der Waals surface area contributed by atoms with Gasteiger partial charge in [-0.1, -0.05) is 48.5 Å². The fourth-order valence-electron chi connectivity index (χ4n) is 3.12. The van der Waals surface area contributed by atoms with Crippen LogP contribution in [0, 0.1) is 0 Å². The molecule has 0 aliphatic heterocycles. The number of aromatic nitrogens is 1. The quantitative estimate of drug-likeness (QED) is 0.473. The third-order valence-corrected chi connectivity index (χ3v) is 4.25. The maximum absolute atomic E-state index is 11.8. The standard InChI is InChI=1S/C21H17NO3/c23-12-19-18-8-4-5-9-20(18)22(21(19)17-10-11-24-14-17)15-25-13-16-6-2-1-3-7-16/h1-12,14H,13,15H2. The van der Waals surface area contributed by atoms with Gasteiger partial charge in [-0.2, -0.15) is 0 Å². The van der Waals surface area contributed by atoms with Crippen LogP contribution < -0.4 is 0 Å². The summed E-state index contributed by atoms with van der Waals surface area (Å²) in [5.74, 6) is 0. The number of aldehydes is 1. The Hall–Kier alpha value is -3.11. The van der Waals surface area contributed by atoms with Crippen LogP contribution in [0.1, 0.15) is 15.9 Å². The van der Waals surface area contributed by atoms with Gasteiger partial charge >= 0.3 is 0 Å². The van der Waals surface area contributed by atoms with Crippen LogP contribution in [0.2, 0.25) is 0 Å². The minimum absolute atomic E-state index is 0.351. The summed E-state index contributed by atoms with van der Waals surface area (Å²) in [4.78, 5) is 11.8. The van der Waals surface area contributed by atoms with E-state index in [0.717, 1.165) is 34.0 Å². The summed E-state index contributed by atoms with van der Waals surface area (Å²) in [5, 5.41) is 0.914. The highest BCUT2D eigenvalue weighted by molar-refractivity contribution is 6.04. The van der Waals surface area contributed by atoms with Crippen molar-refractivity contribution in [3.8, 4) is 11.3 Å². The number of rotatable bonds is 6. The van der Waals surface area contributed by atoms with Gasteiger partial charge in [0, 0.05) is 16.5 Å². The highest BCUT2D eigenvalue weighted by Crippen LogP contribution is 2.33. The number of hydrogen-bond acceptors (Lipinski definition) is 3. The summed E-state index contributed by atoms with van der Waals surface area (Å²) in [6.07, 6.45) is 4.16. The summed E-state index contributed by atoms with van der Waals surface area (Å²) in [5.41, 5.74) is 4.41. The van der Waals surface area contributed by atoms with Crippen LogP contribution in [0.5, 0.6) is 0 Å². The Bertz CT molecular complexity index is 985. The zero-order valence-corrected chi connectivity index (χ0v) is 13.6. The molecule has 2 aromatic carbocycles. The van der Waals surface area contributed by atoms with Gasteiger partial charge in [0.2, 0.25) is 0 Å². The Morgan fingerprint density at radius 1 is 1.00 bits per heavy atom. The summed E-state index contributed by atoms with van der Waals surface area (Å²) >= 11 is 0. The normalized spacial score (nSPS) is 11.0. The first kappa shape index (κ1) is 15.4. The van der Waals surface area contributed by atoms with E-state index in [1.165, 1.54) is 0 Å². The molecule has 2 heterocycles. The number of para-hydroxylation sites is 1. The molecule has 0 bridgehead atoms. The second-order valence-corrected chi connectivity index (χ2v) is 5.80. The summed E-state index contributed by atoms with van der Waals surface area (Å²) in [7, 11) is 0. The topological polar surface area (TPSA) is 44.4 Å². The van der Waals surface area contributed by atoms with E-state index in [-0.39, 0.29) is 0 Å². The molecule has 2 aromatic heterocycles. The van der Waals surface area contributed by atoms with E-state index in [4.69, 9.17) is 9.15 Å². The molecule has 0 fully saturated rings. The van der Waals surface area contributed by atoms with Crippen molar-refractivity contribution in [2.24, 2.45) is 0 Å². The lowest BCUT2D eigenvalue weighted by atomic mass is 10.1. The third kappa shape index (κ3) is 2.88. The Kier molecular flexibility index (Phi) is 4.19. The molecule has 4 heteroatoms. The predicted molar refractivity (Wildman–Crippen MR) is 96.3 cm³/mol. The third-order valence-electron chi connectivity index (χ3n) is 4.25. The van der Waals surface area contributed by atoms with Crippen LogP contribution in [0.3, 0.4) is 0 Å². The highest BCUT2D eigenvalue weighted by Gasteiger charge is 2.18. The molecule has 0 spiro atoms. The van der Waals surface area contributed by atoms with Crippen LogP contribution in [0.4, 0.5) is 0 Å². The highest BCUT2D eigenvalue weighted by atomic mass is 16.5. The van der Waals surface area contributed by atoms with Gasteiger partial charge in [-0.3, -0.25) is 4.79 Å². The molecular formula is C21H17NO3. The molecule has 4 rings (SSSR count). The van der Waals surface area contributed by atoms with Crippen molar-refractivity contribution in [3.63, 3.8) is 0 Å². The lowest BCUT2D eigenvalue weighted by molar-refractivity contribution is 0.0677. The van der Waals surface area contributed by atoms with E-state index >= 15 is 0 Å². The maximum atomic E-state index is 11.8. The number of benzene rings is 2. The number of carbonyl (C=O) groups is 1. The first-order valence-corrected chi connectivity index (χ1v) is 8.09. The van der Waals surface area contributed by atoms with Gasteiger partial charge in [-0.15, -0.1) is 0 Å². The van der Waals surface area contributed by atoms with Crippen molar-refractivity contribution in [2.75, 3.05) is 0 Å². The van der Waals surface area contributed by atoms with Crippen LogP contribution in [0.25, 0.3) is 22.2 Å². The van der Waals surface area contributed by atoms with E-state index in [0.29, 0.717) is 18.9 Å². The van der Waals surface area contributed by atoms with E-state index in [9.17, 15) is 4.79 Å². The Morgan fingerprint density at radius 3 is 2.56 bits per heavy atom. The summed E-state index contributed by atoms with van der Waals surface area (Å²) in [6.45, 7) is 0.859. The first-order chi connectivity index (χ1) is 12.4. The number of hydrogen-bond donors (Lipinski definition) is 0. The Morgan fingerprint density at radius 2 is 1.80 bits per heavy atom. The summed E-state index contributed by atoms with van der Waals surface area (Å²) in [6, 6.07) is 19.7. The maximum Gasteiger partial charge on any atom is 0.152 e. The lowest BCUT2D eigenvalue weighted by Crippen LogP contribution is -2.04. The van der Waals surface area contributed by atoms with E-state index < -0.39 is 0 Å². The monoisotopic (exact) mass is 331 g/mol. The Balaban J connectivity index is 1.74. The van der Waals surface area contributed by atoms with Gasteiger partial charge in [0.15, 0.2) is 6.29 Å². The van der Waals surface area contributed by atoms with Crippen molar-refractivity contribution in [1.82, 2.24) is 4.57 Å². The molecule has 0 atom stereocenters. The number of nitrogens with zero attached hydrogens (tertiary/aromatic N) is 1. The molecule has 0 aliphatic rings. The minimum atomic E-state index is 0.351. The minimum Gasteiger partial charge on any atom is -0.472 e. The van der Waals surface area contributed by atoms with Crippen molar-refractivity contribution in [2.45, 2.75) is 13.3 Å². The van der Waals surface area contributed by atoms with Gasteiger partial charge in [0.25, 0.3) is 0 Å². The van der Waals surface area contributed by atoms with Crippen molar-refractivity contribution in [3.05, 3.63) is 84.3 Å². The average Bonchev–Trinajstić information content (AvgIpc) is 3.28.